The summed E-state index contributed by atoms with van der Waals surface area (Å²) >= 11 is 0. The van der Waals surface area contributed by atoms with Crippen LogP contribution in [0.2, 0.25) is 0 Å². The van der Waals surface area contributed by atoms with Gasteiger partial charge in [0.2, 0.25) is 11.8 Å². The Bertz CT molecular complexity index is 838. The van der Waals surface area contributed by atoms with Crippen LogP contribution in [0.15, 0.2) is 42.5 Å². The number of hydrogen-bond acceptors (Lipinski definition) is 4. The van der Waals surface area contributed by atoms with E-state index in [-0.39, 0.29) is 5.69 Å². The van der Waals surface area contributed by atoms with E-state index in [1.807, 2.05) is 0 Å². The average molecular weight is 382 g/mol. The molecule has 27 heavy (non-hydrogen) atoms. The van der Waals surface area contributed by atoms with Crippen molar-refractivity contribution in [3.63, 3.8) is 0 Å². The minimum absolute atomic E-state index is 0.0512. The van der Waals surface area contributed by atoms with Crippen molar-refractivity contribution in [1.82, 2.24) is 0 Å². The normalized spacial score (nSPS) is 10.9. The second kappa shape index (κ2) is 8.43. The van der Waals surface area contributed by atoms with E-state index in [1.54, 1.807) is 18.2 Å². The predicted octanol–water partition coefficient (Wildman–Crippen LogP) is 3.69. The highest BCUT2D eigenvalue weighted by Crippen LogP contribution is 2.31. The number of nitrogens with one attached hydrogen (secondary N) is 2. The second-order valence-electron chi connectivity index (χ2n) is 5.42. The van der Waals surface area contributed by atoms with Crippen molar-refractivity contribution in [2.45, 2.75) is 12.6 Å². The summed E-state index contributed by atoms with van der Waals surface area (Å²) < 4.78 is 48.2. The number of carbonyl (C=O) groups is 2. The zero-order valence-corrected chi connectivity index (χ0v) is 14.5. The number of methoxy groups -OCH3 is 2. The molecule has 2 aromatic carbocycles. The maximum absolute atomic E-state index is 12.7. The number of benzene rings is 2. The SMILES string of the molecule is COc1ccc(NC(=O)CC(=O)Nc2cccc(C(F)(F)F)c2)c(OC)c1. The molecule has 0 saturated carbocycles. The molecule has 0 aromatic heterocycles. The Hall–Kier alpha value is -3.23. The fourth-order valence-electron chi connectivity index (χ4n) is 2.22. The molecule has 0 fully saturated rings. The highest BCUT2D eigenvalue weighted by Gasteiger charge is 2.30. The molecular formula is C18H17F3N2O4. The van der Waals surface area contributed by atoms with Crippen LogP contribution in [0.1, 0.15) is 12.0 Å². The number of amides is 2. The van der Waals surface area contributed by atoms with E-state index in [1.165, 1.54) is 26.4 Å². The highest BCUT2D eigenvalue weighted by molar-refractivity contribution is 6.08. The second-order valence-corrected chi connectivity index (χ2v) is 5.42. The molecule has 0 unspecified atom stereocenters. The molecule has 0 radical (unpaired) electrons. The third-order valence-corrected chi connectivity index (χ3v) is 3.48. The summed E-state index contributed by atoms with van der Waals surface area (Å²) in [6.45, 7) is 0. The molecule has 0 spiro atoms. The van der Waals surface area contributed by atoms with Gasteiger partial charge in [-0.1, -0.05) is 6.07 Å². The molecule has 2 rings (SSSR count). The Labute approximate surface area is 153 Å². The van der Waals surface area contributed by atoms with Crippen LogP contribution in [0.5, 0.6) is 11.5 Å². The summed E-state index contributed by atoms with van der Waals surface area (Å²) in [6, 6.07) is 8.85. The number of anilines is 2. The van der Waals surface area contributed by atoms with Crippen LogP contribution in [0, 0.1) is 0 Å². The lowest BCUT2D eigenvalue weighted by molar-refractivity contribution is -0.137. The Morgan fingerprint density at radius 3 is 2.30 bits per heavy atom. The molecule has 9 heteroatoms. The van der Waals surface area contributed by atoms with Crippen molar-refractivity contribution in [2.24, 2.45) is 0 Å². The fraction of sp³-hybridized carbons (Fsp3) is 0.222. The maximum Gasteiger partial charge on any atom is 0.416 e. The lowest BCUT2D eigenvalue weighted by Crippen LogP contribution is -2.22. The van der Waals surface area contributed by atoms with E-state index in [2.05, 4.69) is 10.6 Å². The van der Waals surface area contributed by atoms with Crippen LogP contribution in [0.25, 0.3) is 0 Å². The summed E-state index contributed by atoms with van der Waals surface area (Å²) in [7, 11) is 2.88. The van der Waals surface area contributed by atoms with Gasteiger partial charge in [0.1, 0.15) is 17.9 Å². The molecule has 0 bridgehead atoms. The van der Waals surface area contributed by atoms with Gasteiger partial charge >= 0.3 is 6.18 Å². The minimum Gasteiger partial charge on any atom is -0.497 e. The van der Waals surface area contributed by atoms with E-state index in [0.717, 1.165) is 12.1 Å². The van der Waals surface area contributed by atoms with Crippen LogP contribution in [0.4, 0.5) is 24.5 Å². The molecule has 0 heterocycles. The molecule has 0 aliphatic rings. The monoisotopic (exact) mass is 382 g/mol. The Kier molecular flexibility index (Phi) is 6.27. The summed E-state index contributed by atoms with van der Waals surface area (Å²) in [5, 5.41) is 4.77. The lowest BCUT2D eigenvalue weighted by atomic mass is 10.2. The first-order chi connectivity index (χ1) is 12.7. The van der Waals surface area contributed by atoms with Gasteiger partial charge in [0.15, 0.2) is 0 Å². The summed E-state index contributed by atoms with van der Waals surface area (Å²) in [4.78, 5) is 23.9. The molecule has 2 N–H and O–H groups in total. The van der Waals surface area contributed by atoms with Crippen LogP contribution in [-0.2, 0) is 15.8 Å². The molecule has 2 amide bonds. The van der Waals surface area contributed by atoms with Crippen molar-refractivity contribution in [3.05, 3.63) is 48.0 Å². The third-order valence-electron chi connectivity index (χ3n) is 3.48. The van der Waals surface area contributed by atoms with Crippen molar-refractivity contribution in [2.75, 3.05) is 24.9 Å². The maximum atomic E-state index is 12.7. The number of halogens is 3. The highest BCUT2D eigenvalue weighted by atomic mass is 19.4. The first kappa shape index (κ1) is 20.1. The number of ether oxygens (including phenoxy) is 2. The van der Waals surface area contributed by atoms with E-state index < -0.39 is 30.0 Å². The topological polar surface area (TPSA) is 76.7 Å². The van der Waals surface area contributed by atoms with Crippen LogP contribution >= 0.6 is 0 Å². The van der Waals surface area contributed by atoms with Gasteiger partial charge in [-0.3, -0.25) is 9.59 Å². The molecular weight excluding hydrogens is 365 g/mol. The quantitative estimate of drug-likeness (QED) is 0.747. The third kappa shape index (κ3) is 5.63. The van der Waals surface area contributed by atoms with Gasteiger partial charge in [0.05, 0.1) is 25.5 Å². The summed E-state index contributed by atoms with van der Waals surface area (Å²) in [5.41, 5.74) is -0.618. The molecule has 0 saturated heterocycles. The van der Waals surface area contributed by atoms with E-state index in [4.69, 9.17) is 9.47 Å². The standard InChI is InChI=1S/C18H17F3N2O4/c1-26-13-6-7-14(15(9-13)27-2)23-17(25)10-16(24)22-12-5-3-4-11(8-12)18(19,20)21/h3-9H,10H2,1-2H3,(H,22,24)(H,23,25). The molecule has 0 aliphatic carbocycles. The van der Waals surface area contributed by atoms with E-state index >= 15 is 0 Å². The fourth-order valence-corrected chi connectivity index (χ4v) is 2.22. The molecule has 0 aliphatic heterocycles. The molecule has 6 nitrogen and oxygen atoms in total. The Morgan fingerprint density at radius 1 is 0.963 bits per heavy atom. The number of rotatable bonds is 6. The first-order valence-corrected chi connectivity index (χ1v) is 7.72. The first-order valence-electron chi connectivity index (χ1n) is 7.72. The number of hydrogen-bond donors (Lipinski definition) is 2. The molecule has 2 aromatic rings. The van der Waals surface area contributed by atoms with Gasteiger partial charge in [0.25, 0.3) is 0 Å². The van der Waals surface area contributed by atoms with Gasteiger partial charge in [0, 0.05) is 11.8 Å². The van der Waals surface area contributed by atoms with Crippen molar-refractivity contribution >= 4 is 23.2 Å². The zero-order valence-electron chi connectivity index (χ0n) is 14.5. The largest absolute Gasteiger partial charge is 0.497 e. The summed E-state index contributed by atoms with van der Waals surface area (Å²) in [5.74, 6) is -0.546. The zero-order chi connectivity index (χ0) is 20.0. The van der Waals surface area contributed by atoms with Gasteiger partial charge < -0.3 is 20.1 Å². The smallest absolute Gasteiger partial charge is 0.416 e. The average Bonchev–Trinajstić information content (AvgIpc) is 2.61. The molecule has 144 valence electrons. The van der Waals surface area contributed by atoms with Crippen molar-refractivity contribution in [3.8, 4) is 11.5 Å². The predicted molar refractivity (Wildman–Crippen MR) is 92.9 cm³/mol. The number of carbonyl (C=O) groups excluding carboxylic acids is 2. The van der Waals surface area contributed by atoms with Crippen LogP contribution in [0.3, 0.4) is 0 Å². The molecule has 0 atom stereocenters. The minimum atomic E-state index is -4.52. The number of alkyl halides is 3. The van der Waals surface area contributed by atoms with Gasteiger partial charge in [-0.25, -0.2) is 0 Å². The Balaban J connectivity index is 1.99. The van der Waals surface area contributed by atoms with E-state index in [9.17, 15) is 22.8 Å². The van der Waals surface area contributed by atoms with Crippen LogP contribution < -0.4 is 20.1 Å². The van der Waals surface area contributed by atoms with Crippen LogP contribution in [-0.4, -0.2) is 26.0 Å². The Morgan fingerprint density at radius 2 is 1.67 bits per heavy atom. The lowest BCUT2D eigenvalue weighted by Gasteiger charge is -2.12. The van der Waals surface area contributed by atoms with Gasteiger partial charge in [-0.05, 0) is 30.3 Å². The van der Waals surface area contributed by atoms with Gasteiger partial charge in [-0.2, -0.15) is 13.2 Å². The van der Waals surface area contributed by atoms with Crippen molar-refractivity contribution < 1.29 is 32.2 Å². The van der Waals surface area contributed by atoms with Gasteiger partial charge in [-0.15, -0.1) is 0 Å². The van der Waals surface area contributed by atoms with Crippen molar-refractivity contribution in [1.29, 1.82) is 0 Å². The summed E-state index contributed by atoms with van der Waals surface area (Å²) in [6.07, 6.45) is -5.10. The van der Waals surface area contributed by atoms with E-state index in [0.29, 0.717) is 17.2 Å².